The van der Waals surface area contributed by atoms with Gasteiger partial charge in [-0.25, -0.2) is 0 Å². The first-order valence-corrected chi connectivity index (χ1v) is 11.6. The second-order valence-corrected chi connectivity index (χ2v) is 8.35. The zero-order valence-corrected chi connectivity index (χ0v) is 20.1. The molecule has 0 bridgehead atoms. The Kier molecular flexibility index (Phi) is 8.37. The summed E-state index contributed by atoms with van der Waals surface area (Å²) in [6.07, 6.45) is 1.54. The van der Waals surface area contributed by atoms with Crippen LogP contribution < -0.4 is 14.8 Å². The first kappa shape index (κ1) is 24.6. The topological polar surface area (TPSA) is 71.3 Å². The molecule has 0 atom stereocenters. The van der Waals surface area contributed by atoms with E-state index >= 15 is 0 Å². The van der Waals surface area contributed by atoms with Gasteiger partial charge in [0.15, 0.2) is 0 Å². The first-order valence-electron chi connectivity index (χ1n) is 11.3. The number of nitriles is 1. The third-order valence-corrected chi connectivity index (χ3v) is 5.45. The summed E-state index contributed by atoms with van der Waals surface area (Å²) in [5.74, 6) is 0.868. The van der Waals surface area contributed by atoms with Gasteiger partial charge >= 0.3 is 0 Å². The third kappa shape index (κ3) is 7.23. The summed E-state index contributed by atoms with van der Waals surface area (Å²) in [5.41, 5.74) is 3.30. The molecule has 36 heavy (non-hydrogen) atoms. The van der Waals surface area contributed by atoms with Gasteiger partial charge in [0.2, 0.25) is 0 Å². The zero-order chi connectivity index (χ0) is 25.2. The Morgan fingerprint density at radius 2 is 1.42 bits per heavy atom. The predicted molar refractivity (Wildman–Crippen MR) is 142 cm³/mol. The Morgan fingerprint density at radius 3 is 2.06 bits per heavy atom. The molecule has 4 aromatic rings. The predicted octanol–water partition coefficient (Wildman–Crippen LogP) is 7.04. The molecular weight excluding hydrogens is 472 g/mol. The van der Waals surface area contributed by atoms with Gasteiger partial charge in [-0.2, -0.15) is 5.26 Å². The molecule has 1 N–H and O–H groups in total. The van der Waals surface area contributed by atoms with Crippen molar-refractivity contribution in [3.05, 3.63) is 130 Å². The lowest BCUT2D eigenvalue weighted by atomic mass is 10.1. The van der Waals surface area contributed by atoms with E-state index < -0.39 is 5.91 Å². The molecule has 0 saturated heterocycles. The number of hydrogen-bond acceptors (Lipinski definition) is 4. The van der Waals surface area contributed by atoms with E-state index in [1.54, 1.807) is 48.5 Å². The lowest BCUT2D eigenvalue weighted by molar-refractivity contribution is -0.112. The van der Waals surface area contributed by atoms with Crippen molar-refractivity contribution in [2.75, 3.05) is 5.32 Å². The quantitative estimate of drug-likeness (QED) is 0.200. The molecular formula is C30H23ClN2O3. The number of amides is 1. The minimum atomic E-state index is -0.489. The number of nitrogens with zero attached hydrogens (tertiary/aromatic N) is 1. The van der Waals surface area contributed by atoms with E-state index in [1.807, 2.05) is 60.7 Å². The summed E-state index contributed by atoms with van der Waals surface area (Å²) in [4.78, 5) is 12.6. The number of benzene rings is 4. The summed E-state index contributed by atoms with van der Waals surface area (Å²) in [5, 5.41) is 12.9. The molecule has 178 valence electrons. The highest BCUT2D eigenvalue weighted by atomic mass is 35.5. The second kappa shape index (κ2) is 12.3. The highest BCUT2D eigenvalue weighted by Gasteiger charge is 2.10. The number of anilines is 1. The maximum absolute atomic E-state index is 12.6. The Balaban J connectivity index is 1.32. The Bertz CT molecular complexity index is 1380. The fourth-order valence-corrected chi connectivity index (χ4v) is 3.56. The van der Waals surface area contributed by atoms with E-state index in [9.17, 15) is 10.1 Å². The van der Waals surface area contributed by atoms with Crippen molar-refractivity contribution in [2.24, 2.45) is 0 Å². The normalized spacial score (nSPS) is 10.8. The van der Waals surface area contributed by atoms with Gasteiger partial charge in [0.05, 0.1) is 0 Å². The largest absolute Gasteiger partial charge is 0.489 e. The van der Waals surface area contributed by atoms with Gasteiger partial charge in [0.1, 0.15) is 36.4 Å². The molecule has 0 radical (unpaired) electrons. The number of carbonyl (C=O) groups is 1. The van der Waals surface area contributed by atoms with Crippen LogP contribution in [0.3, 0.4) is 0 Å². The van der Waals surface area contributed by atoms with E-state index in [-0.39, 0.29) is 5.57 Å². The molecule has 0 heterocycles. The monoisotopic (exact) mass is 494 g/mol. The van der Waals surface area contributed by atoms with Crippen LogP contribution >= 0.6 is 11.6 Å². The van der Waals surface area contributed by atoms with Gasteiger partial charge in [-0.15, -0.1) is 0 Å². The van der Waals surface area contributed by atoms with Crippen LogP contribution in [0.4, 0.5) is 5.69 Å². The van der Waals surface area contributed by atoms with Crippen molar-refractivity contribution in [3.63, 3.8) is 0 Å². The average Bonchev–Trinajstić information content (AvgIpc) is 2.91. The van der Waals surface area contributed by atoms with Gasteiger partial charge < -0.3 is 14.8 Å². The Labute approximate surface area is 215 Å². The molecule has 0 aliphatic heterocycles. The maximum Gasteiger partial charge on any atom is 0.266 e. The molecule has 0 unspecified atom stereocenters. The molecule has 0 fully saturated rings. The minimum Gasteiger partial charge on any atom is -0.489 e. The number of halogens is 1. The van der Waals surface area contributed by atoms with Gasteiger partial charge in [0, 0.05) is 10.7 Å². The van der Waals surface area contributed by atoms with Crippen LogP contribution in [0.5, 0.6) is 11.5 Å². The van der Waals surface area contributed by atoms with Crippen molar-refractivity contribution in [2.45, 2.75) is 13.2 Å². The van der Waals surface area contributed by atoms with Crippen molar-refractivity contribution in [1.82, 2.24) is 0 Å². The smallest absolute Gasteiger partial charge is 0.266 e. The molecule has 1 amide bonds. The summed E-state index contributed by atoms with van der Waals surface area (Å²) >= 11 is 6.00. The highest BCUT2D eigenvalue weighted by molar-refractivity contribution is 6.30. The molecule has 0 saturated carbocycles. The molecule has 0 aromatic heterocycles. The van der Waals surface area contributed by atoms with Crippen LogP contribution in [0.2, 0.25) is 5.02 Å². The van der Waals surface area contributed by atoms with Crippen LogP contribution in [0.15, 0.2) is 109 Å². The lowest BCUT2D eigenvalue weighted by Crippen LogP contribution is -2.13. The van der Waals surface area contributed by atoms with E-state index in [2.05, 4.69) is 5.32 Å². The van der Waals surface area contributed by atoms with Crippen LogP contribution in [0.1, 0.15) is 16.7 Å². The van der Waals surface area contributed by atoms with Crippen LogP contribution in [0.25, 0.3) is 6.08 Å². The first-order chi connectivity index (χ1) is 17.6. The van der Waals surface area contributed by atoms with Crippen molar-refractivity contribution >= 4 is 29.3 Å². The summed E-state index contributed by atoms with van der Waals surface area (Å²) in [6.45, 7) is 0.843. The van der Waals surface area contributed by atoms with Gasteiger partial charge in [-0.05, 0) is 71.3 Å². The van der Waals surface area contributed by atoms with E-state index in [4.69, 9.17) is 21.1 Å². The number of nitrogens with one attached hydrogen (secondary N) is 1. The summed E-state index contributed by atoms with van der Waals surface area (Å²) in [6, 6.07) is 33.5. The van der Waals surface area contributed by atoms with Gasteiger partial charge in [-0.1, -0.05) is 66.2 Å². The van der Waals surface area contributed by atoms with Crippen LogP contribution in [-0.2, 0) is 18.0 Å². The average molecular weight is 495 g/mol. The summed E-state index contributed by atoms with van der Waals surface area (Å²) < 4.78 is 11.5. The Morgan fingerprint density at radius 1 is 0.806 bits per heavy atom. The number of hydrogen-bond donors (Lipinski definition) is 1. The second-order valence-electron chi connectivity index (χ2n) is 7.91. The zero-order valence-electron chi connectivity index (χ0n) is 19.4. The van der Waals surface area contributed by atoms with Crippen molar-refractivity contribution in [3.8, 4) is 17.6 Å². The lowest BCUT2D eigenvalue weighted by Gasteiger charge is -2.09. The standard InChI is InChI=1S/C30H23ClN2O3/c31-26-8-4-7-24(18-26)21-36-28-13-9-22(10-14-28)17-25(19-32)30(34)33-27-11-15-29(16-12-27)35-20-23-5-2-1-3-6-23/h1-18H,20-21H2,(H,33,34)/b25-17+. The van der Waals surface area contributed by atoms with E-state index in [1.165, 1.54) is 6.08 Å². The van der Waals surface area contributed by atoms with E-state index in [0.29, 0.717) is 41.0 Å². The molecule has 0 spiro atoms. The van der Waals surface area contributed by atoms with Gasteiger partial charge in [-0.3, -0.25) is 4.79 Å². The number of carbonyl (C=O) groups excluding carboxylic acids is 1. The van der Waals surface area contributed by atoms with E-state index in [0.717, 1.165) is 11.1 Å². The molecule has 0 aliphatic rings. The molecule has 0 aliphatic carbocycles. The minimum absolute atomic E-state index is 0.00741. The highest BCUT2D eigenvalue weighted by Crippen LogP contribution is 2.20. The van der Waals surface area contributed by atoms with Crippen molar-refractivity contribution in [1.29, 1.82) is 5.26 Å². The summed E-state index contributed by atoms with van der Waals surface area (Å²) in [7, 11) is 0. The fourth-order valence-electron chi connectivity index (χ4n) is 3.34. The molecule has 5 nitrogen and oxygen atoms in total. The molecule has 4 rings (SSSR count). The van der Waals surface area contributed by atoms with Crippen LogP contribution in [0, 0.1) is 11.3 Å². The Hall–Kier alpha value is -4.53. The fraction of sp³-hybridized carbons (Fsp3) is 0.0667. The SMILES string of the molecule is N#C/C(=C\c1ccc(OCc2cccc(Cl)c2)cc1)C(=O)Nc1ccc(OCc2ccccc2)cc1. The van der Waals surface area contributed by atoms with Crippen molar-refractivity contribution < 1.29 is 14.3 Å². The number of ether oxygens (including phenoxy) is 2. The molecule has 4 aromatic carbocycles. The third-order valence-electron chi connectivity index (χ3n) is 5.21. The number of rotatable bonds is 9. The van der Waals surface area contributed by atoms with Gasteiger partial charge in [0.25, 0.3) is 5.91 Å². The van der Waals surface area contributed by atoms with Crippen LogP contribution in [-0.4, -0.2) is 5.91 Å². The molecule has 6 heteroatoms. The maximum atomic E-state index is 12.6.